The van der Waals surface area contributed by atoms with Crippen LogP contribution in [0.15, 0.2) is 0 Å². The quantitative estimate of drug-likeness (QED) is 0.470. The van der Waals surface area contributed by atoms with Crippen LogP contribution in [0.25, 0.3) is 0 Å². The Labute approximate surface area is 68.9 Å². The summed E-state index contributed by atoms with van der Waals surface area (Å²) in [6, 6.07) is 0. The summed E-state index contributed by atoms with van der Waals surface area (Å²) in [6.45, 7) is 0. The van der Waals surface area contributed by atoms with Crippen LogP contribution in [-0.2, 0) is 26.2 Å². The van der Waals surface area contributed by atoms with E-state index in [4.69, 9.17) is 30.0 Å². The van der Waals surface area contributed by atoms with Crippen molar-refractivity contribution in [2.75, 3.05) is 0 Å². The SMILES string of the molecule is O=C([O-])O.O=C([O-])O.[Zr+2]. The Kier molecular flexibility index (Phi) is 18.3. The first-order valence-corrected chi connectivity index (χ1v) is 1.26. The van der Waals surface area contributed by atoms with Gasteiger partial charge in [-0.05, 0) is 0 Å². The molecule has 0 heterocycles. The number of carboxylic acid groups (broad SMARTS) is 4. The average Bonchev–Trinajstić information content (AvgIpc) is 1.25. The number of hydrogen-bond acceptors (Lipinski definition) is 4. The first-order valence-electron chi connectivity index (χ1n) is 1.26. The third kappa shape index (κ3) is 656. The molecule has 0 unspecified atom stereocenters. The van der Waals surface area contributed by atoms with Gasteiger partial charge in [0.25, 0.3) is 0 Å². The van der Waals surface area contributed by atoms with E-state index in [1.165, 1.54) is 0 Å². The van der Waals surface area contributed by atoms with Gasteiger partial charge in [-0.3, -0.25) is 0 Å². The molecule has 0 aromatic carbocycles. The van der Waals surface area contributed by atoms with E-state index in [9.17, 15) is 0 Å². The molecule has 0 rings (SSSR count). The van der Waals surface area contributed by atoms with E-state index >= 15 is 0 Å². The zero-order chi connectivity index (χ0) is 7.15. The second kappa shape index (κ2) is 10.4. The van der Waals surface area contributed by atoms with E-state index < -0.39 is 12.3 Å². The van der Waals surface area contributed by atoms with Crippen molar-refractivity contribution < 1.29 is 56.2 Å². The fourth-order valence-electron chi connectivity index (χ4n) is 0. The van der Waals surface area contributed by atoms with Gasteiger partial charge in [-0.15, -0.1) is 0 Å². The second-order valence-corrected chi connectivity index (χ2v) is 0.532. The number of rotatable bonds is 0. The predicted octanol–water partition coefficient (Wildman–Crippen LogP) is -2.23. The van der Waals surface area contributed by atoms with Crippen LogP contribution in [0.5, 0.6) is 0 Å². The topological polar surface area (TPSA) is 121 Å². The van der Waals surface area contributed by atoms with Gasteiger partial charge in [-0.25, -0.2) is 0 Å². The molecule has 0 amide bonds. The molecule has 0 aromatic rings. The molecular weight excluding hydrogens is 211 g/mol. The smallest absolute Gasteiger partial charge is 0.565 e. The van der Waals surface area contributed by atoms with Gasteiger partial charge in [-0.2, -0.15) is 0 Å². The number of carbonyl (C=O) groups is 2. The minimum Gasteiger partial charge on any atom is -0.565 e. The van der Waals surface area contributed by atoms with Gasteiger partial charge in [0.1, 0.15) is 0 Å². The normalized spacial score (nSPS) is 5.33. The van der Waals surface area contributed by atoms with Crippen LogP contribution in [0.2, 0.25) is 0 Å². The molecule has 0 aromatic heterocycles. The van der Waals surface area contributed by atoms with E-state index in [2.05, 4.69) is 0 Å². The zero-order valence-corrected chi connectivity index (χ0v) is 6.49. The van der Waals surface area contributed by atoms with Crippen LogP contribution in [0.3, 0.4) is 0 Å². The predicted molar refractivity (Wildman–Crippen MR) is 16.0 cm³/mol. The summed E-state index contributed by atoms with van der Waals surface area (Å²) in [6.07, 6.45) is -4.17. The Morgan fingerprint density at radius 1 is 1.00 bits per heavy atom. The number of hydrogen-bond donors (Lipinski definition) is 2. The van der Waals surface area contributed by atoms with Gasteiger partial charge < -0.3 is 30.0 Å². The Balaban J connectivity index is -0.0000000720. The van der Waals surface area contributed by atoms with E-state index in [0.717, 1.165) is 0 Å². The molecule has 6 nitrogen and oxygen atoms in total. The Bertz CT molecular complexity index is 69.1. The Morgan fingerprint density at radius 3 is 1.00 bits per heavy atom. The van der Waals surface area contributed by atoms with E-state index in [1.54, 1.807) is 0 Å². The summed E-state index contributed by atoms with van der Waals surface area (Å²) in [5, 5.41) is 30.6. The average molecular weight is 213 g/mol. The molecular formula is C2H2O6Zr. The van der Waals surface area contributed by atoms with Crippen LogP contribution < -0.4 is 10.2 Å². The monoisotopic (exact) mass is 212 g/mol. The molecule has 0 saturated heterocycles. The summed E-state index contributed by atoms with van der Waals surface area (Å²) in [5.74, 6) is 0. The fourth-order valence-corrected chi connectivity index (χ4v) is 0. The Hall–Kier alpha value is -0.577. The molecule has 0 fully saturated rings. The maximum atomic E-state index is 8.44. The van der Waals surface area contributed by atoms with Crippen LogP contribution in [0.4, 0.5) is 9.59 Å². The maximum Gasteiger partial charge on any atom is 2.00 e. The first kappa shape index (κ1) is 15.8. The molecule has 0 aliphatic rings. The summed E-state index contributed by atoms with van der Waals surface area (Å²) < 4.78 is 0. The van der Waals surface area contributed by atoms with E-state index in [0.29, 0.717) is 0 Å². The van der Waals surface area contributed by atoms with Crippen LogP contribution in [-0.4, -0.2) is 22.5 Å². The standard InChI is InChI=1S/2CH2O3.Zr/c2*2-1(3)4;/h2*(H2,2,3,4);/q;;+2/p-2. The molecule has 0 saturated carbocycles. The van der Waals surface area contributed by atoms with Crippen molar-refractivity contribution >= 4 is 12.3 Å². The van der Waals surface area contributed by atoms with Gasteiger partial charge in [0.2, 0.25) is 12.3 Å². The minimum absolute atomic E-state index is 0. The molecule has 50 valence electrons. The molecule has 0 bridgehead atoms. The fraction of sp³-hybridized carbons (Fsp3) is 0. The molecule has 9 heavy (non-hydrogen) atoms. The summed E-state index contributed by atoms with van der Waals surface area (Å²) >= 11 is 0. The van der Waals surface area contributed by atoms with Gasteiger partial charge in [0, 0.05) is 0 Å². The van der Waals surface area contributed by atoms with Crippen molar-refractivity contribution in [3.8, 4) is 0 Å². The van der Waals surface area contributed by atoms with Crippen molar-refractivity contribution in [2.45, 2.75) is 0 Å². The van der Waals surface area contributed by atoms with Crippen molar-refractivity contribution in [1.29, 1.82) is 0 Å². The molecule has 0 atom stereocenters. The summed E-state index contributed by atoms with van der Waals surface area (Å²) in [5.41, 5.74) is 0. The van der Waals surface area contributed by atoms with Crippen molar-refractivity contribution in [3.05, 3.63) is 0 Å². The Morgan fingerprint density at radius 2 is 1.00 bits per heavy atom. The van der Waals surface area contributed by atoms with Gasteiger partial charge in [-0.1, -0.05) is 0 Å². The third-order valence-corrected chi connectivity index (χ3v) is 0. The molecule has 2 N–H and O–H groups in total. The summed E-state index contributed by atoms with van der Waals surface area (Å²) in [4.78, 5) is 16.9. The molecule has 7 heteroatoms. The van der Waals surface area contributed by atoms with Crippen molar-refractivity contribution in [2.24, 2.45) is 0 Å². The molecule has 0 aliphatic heterocycles. The van der Waals surface area contributed by atoms with Crippen molar-refractivity contribution in [1.82, 2.24) is 0 Å². The first-order chi connectivity index (χ1) is 3.46. The van der Waals surface area contributed by atoms with Gasteiger partial charge in [0.05, 0.1) is 0 Å². The van der Waals surface area contributed by atoms with E-state index in [-0.39, 0.29) is 26.2 Å². The zero-order valence-electron chi connectivity index (χ0n) is 4.03. The van der Waals surface area contributed by atoms with E-state index in [1.807, 2.05) is 0 Å². The van der Waals surface area contributed by atoms with Crippen LogP contribution in [0.1, 0.15) is 0 Å². The molecule has 0 aliphatic carbocycles. The third-order valence-electron chi connectivity index (χ3n) is 0. The van der Waals surface area contributed by atoms with Crippen LogP contribution in [0, 0.1) is 0 Å². The largest absolute Gasteiger partial charge is 2.00 e. The minimum atomic E-state index is -2.08. The maximum absolute atomic E-state index is 8.44. The van der Waals surface area contributed by atoms with Crippen LogP contribution >= 0.6 is 0 Å². The summed E-state index contributed by atoms with van der Waals surface area (Å²) in [7, 11) is 0. The van der Waals surface area contributed by atoms with Gasteiger partial charge in [0.15, 0.2) is 0 Å². The molecule has 0 spiro atoms. The van der Waals surface area contributed by atoms with Crippen molar-refractivity contribution in [3.63, 3.8) is 0 Å². The second-order valence-electron chi connectivity index (χ2n) is 0.532. The molecule has 0 radical (unpaired) electrons. The van der Waals surface area contributed by atoms with Gasteiger partial charge >= 0.3 is 26.2 Å².